The van der Waals surface area contributed by atoms with Crippen LogP contribution in [0.25, 0.3) is 0 Å². The van der Waals surface area contributed by atoms with Crippen molar-refractivity contribution >= 4 is 17.8 Å². The average molecular weight is 321 g/mol. The lowest BCUT2D eigenvalue weighted by Crippen LogP contribution is -2.47. The summed E-state index contributed by atoms with van der Waals surface area (Å²) in [7, 11) is 1.27. The summed E-state index contributed by atoms with van der Waals surface area (Å²) in [5.41, 5.74) is 1.30. The molecule has 126 valence electrons. The Labute approximate surface area is 136 Å². The molecule has 0 aliphatic heterocycles. The van der Waals surface area contributed by atoms with E-state index in [-0.39, 0.29) is 5.92 Å². The Balaban J connectivity index is 2.58. The van der Waals surface area contributed by atoms with Crippen molar-refractivity contribution in [3.63, 3.8) is 0 Å². The van der Waals surface area contributed by atoms with Gasteiger partial charge in [0.15, 0.2) is 6.61 Å². The highest BCUT2D eigenvalue weighted by Crippen LogP contribution is 2.09. The minimum atomic E-state index is -0.754. The van der Waals surface area contributed by atoms with Crippen molar-refractivity contribution in [1.82, 2.24) is 5.32 Å². The number of benzene rings is 1. The fourth-order valence-corrected chi connectivity index (χ4v) is 2.00. The molecule has 2 unspecified atom stereocenters. The highest BCUT2D eigenvalue weighted by atomic mass is 16.5. The van der Waals surface area contributed by atoms with Gasteiger partial charge >= 0.3 is 11.9 Å². The van der Waals surface area contributed by atoms with Crippen molar-refractivity contribution < 1.29 is 23.9 Å². The van der Waals surface area contributed by atoms with E-state index in [0.29, 0.717) is 12.0 Å². The van der Waals surface area contributed by atoms with Crippen LogP contribution in [0.2, 0.25) is 0 Å². The molecule has 2 atom stereocenters. The van der Waals surface area contributed by atoms with Gasteiger partial charge in [0.2, 0.25) is 0 Å². The molecule has 0 saturated carbocycles. The Morgan fingerprint density at radius 3 is 2.52 bits per heavy atom. The number of methoxy groups -OCH3 is 1. The van der Waals surface area contributed by atoms with Crippen LogP contribution in [0.3, 0.4) is 0 Å². The van der Waals surface area contributed by atoms with E-state index in [1.54, 1.807) is 18.2 Å². The van der Waals surface area contributed by atoms with Crippen molar-refractivity contribution in [2.45, 2.75) is 33.2 Å². The number of nitrogens with one attached hydrogen (secondary N) is 1. The number of rotatable bonds is 7. The van der Waals surface area contributed by atoms with Crippen LogP contribution in [-0.4, -0.2) is 37.6 Å². The van der Waals surface area contributed by atoms with Gasteiger partial charge in [0.05, 0.1) is 12.7 Å². The molecule has 0 aliphatic rings. The number of carbonyl (C=O) groups excluding carboxylic acids is 3. The van der Waals surface area contributed by atoms with E-state index in [1.165, 1.54) is 7.11 Å². The van der Waals surface area contributed by atoms with Crippen molar-refractivity contribution in [2.24, 2.45) is 5.92 Å². The summed E-state index contributed by atoms with van der Waals surface area (Å²) in [6.45, 7) is 5.15. The van der Waals surface area contributed by atoms with E-state index in [4.69, 9.17) is 4.74 Å². The van der Waals surface area contributed by atoms with Crippen molar-refractivity contribution in [3.05, 3.63) is 35.4 Å². The molecule has 1 amide bonds. The summed E-state index contributed by atoms with van der Waals surface area (Å²) in [4.78, 5) is 35.5. The van der Waals surface area contributed by atoms with Crippen LogP contribution in [0.15, 0.2) is 24.3 Å². The molecule has 1 rings (SSSR count). The predicted molar refractivity (Wildman–Crippen MR) is 84.9 cm³/mol. The first-order chi connectivity index (χ1) is 10.9. The third-order valence-corrected chi connectivity index (χ3v) is 3.57. The molecular formula is C17H23NO5. The maximum Gasteiger partial charge on any atom is 0.338 e. The molecule has 0 heterocycles. The van der Waals surface area contributed by atoms with Gasteiger partial charge in [-0.15, -0.1) is 0 Å². The maximum absolute atomic E-state index is 11.9. The van der Waals surface area contributed by atoms with Crippen molar-refractivity contribution in [2.75, 3.05) is 13.7 Å². The molecule has 0 saturated heterocycles. The molecule has 0 aliphatic carbocycles. The van der Waals surface area contributed by atoms with Crippen LogP contribution in [0.4, 0.5) is 0 Å². The van der Waals surface area contributed by atoms with Gasteiger partial charge in [-0.3, -0.25) is 4.79 Å². The molecule has 1 aromatic rings. The number of hydrogen-bond acceptors (Lipinski definition) is 5. The molecule has 1 N–H and O–H groups in total. The zero-order valence-corrected chi connectivity index (χ0v) is 13.9. The third kappa shape index (κ3) is 5.73. The van der Waals surface area contributed by atoms with E-state index < -0.39 is 30.5 Å². The lowest BCUT2D eigenvalue weighted by molar-refractivity contribution is -0.147. The van der Waals surface area contributed by atoms with Gasteiger partial charge in [-0.25, -0.2) is 9.59 Å². The second kappa shape index (κ2) is 8.92. The highest BCUT2D eigenvalue weighted by molar-refractivity contribution is 5.92. The number of amides is 1. The molecule has 6 nitrogen and oxygen atoms in total. The van der Waals surface area contributed by atoms with E-state index >= 15 is 0 Å². The number of esters is 2. The first-order valence-corrected chi connectivity index (χ1v) is 7.50. The smallest absolute Gasteiger partial charge is 0.338 e. The molecule has 0 radical (unpaired) electrons. The lowest BCUT2D eigenvalue weighted by atomic mass is 9.99. The van der Waals surface area contributed by atoms with Gasteiger partial charge in [-0.1, -0.05) is 38.0 Å². The van der Waals surface area contributed by atoms with E-state index in [2.05, 4.69) is 10.1 Å². The van der Waals surface area contributed by atoms with Gasteiger partial charge in [0, 0.05) is 0 Å². The zero-order chi connectivity index (χ0) is 17.4. The van der Waals surface area contributed by atoms with Crippen LogP contribution in [-0.2, 0) is 19.1 Å². The standard InChI is InChI=1S/C17H23NO5/c1-5-12(3)15(17(21)22-4)18-14(19)10-23-16(20)13-8-6-7-11(2)9-13/h6-9,12,15H,5,10H2,1-4H3,(H,18,19). The van der Waals surface area contributed by atoms with Crippen LogP contribution < -0.4 is 5.32 Å². The largest absolute Gasteiger partial charge is 0.467 e. The van der Waals surface area contributed by atoms with Gasteiger partial charge in [0.25, 0.3) is 5.91 Å². The van der Waals surface area contributed by atoms with Gasteiger partial charge < -0.3 is 14.8 Å². The highest BCUT2D eigenvalue weighted by Gasteiger charge is 2.26. The van der Waals surface area contributed by atoms with Gasteiger partial charge in [-0.05, 0) is 25.0 Å². The Hall–Kier alpha value is -2.37. The molecule has 1 aromatic carbocycles. The number of hydrogen-bond donors (Lipinski definition) is 1. The average Bonchev–Trinajstić information content (AvgIpc) is 2.56. The van der Waals surface area contributed by atoms with Crippen LogP contribution >= 0.6 is 0 Å². The fraction of sp³-hybridized carbons (Fsp3) is 0.471. The Bertz CT molecular complexity index is 570. The summed E-state index contributed by atoms with van der Waals surface area (Å²) in [6, 6.07) is 6.13. The molecule has 23 heavy (non-hydrogen) atoms. The van der Waals surface area contributed by atoms with E-state index in [1.807, 2.05) is 26.8 Å². The quantitative estimate of drug-likeness (QED) is 0.775. The summed E-state index contributed by atoms with van der Waals surface area (Å²) in [5, 5.41) is 2.55. The monoisotopic (exact) mass is 321 g/mol. The minimum absolute atomic E-state index is 0.0844. The van der Waals surface area contributed by atoms with Crippen molar-refractivity contribution in [3.8, 4) is 0 Å². The molecule has 0 bridgehead atoms. The topological polar surface area (TPSA) is 81.7 Å². The Kier molecular flexibility index (Phi) is 7.25. The number of carbonyl (C=O) groups is 3. The predicted octanol–water partition coefficient (Wildman–Crippen LogP) is 1.86. The minimum Gasteiger partial charge on any atom is -0.467 e. The molecule has 0 fully saturated rings. The van der Waals surface area contributed by atoms with Gasteiger partial charge in [-0.2, -0.15) is 0 Å². The summed E-state index contributed by atoms with van der Waals surface area (Å²) >= 11 is 0. The SMILES string of the molecule is CCC(C)C(NC(=O)COC(=O)c1cccc(C)c1)C(=O)OC. The third-order valence-electron chi connectivity index (χ3n) is 3.57. The Morgan fingerprint density at radius 2 is 1.96 bits per heavy atom. The van der Waals surface area contributed by atoms with E-state index in [9.17, 15) is 14.4 Å². The number of ether oxygens (including phenoxy) is 2. The van der Waals surface area contributed by atoms with Crippen molar-refractivity contribution in [1.29, 1.82) is 0 Å². The van der Waals surface area contributed by atoms with Crippen LogP contribution in [0, 0.1) is 12.8 Å². The summed E-state index contributed by atoms with van der Waals surface area (Å²) < 4.78 is 9.65. The zero-order valence-electron chi connectivity index (χ0n) is 13.9. The van der Waals surface area contributed by atoms with Crippen LogP contribution in [0.1, 0.15) is 36.2 Å². The summed E-state index contributed by atoms with van der Waals surface area (Å²) in [5.74, 6) is -1.72. The second-order valence-electron chi connectivity index (χ2n) is 5.40. The summed E-state index contributed by atoms with van der Waals surface area (Å²) in [6.07, 6.45) is 0.698. The molecule has 0 aromatic heterocycles. The first kappa shape index (κ1) is 18.7. The molecular weight excluding hydrogens is 298 g/mol. The fourth-order valence-electron chi connectivity index (χ4n) is 2.00. The normalized spacial score (nSPS) is 12.9. The lowest BCUT2D eigenvalue weighted by Gasteiger charge is -2.21. The van der Waals surface area contributed by atoms with Gasteiger partial charge in [0.1, 0.15) is 6.04 Å². The maximum atomic E-state index is 11.9. The van der Waals surface area contributed by atoms with E-state index in [0.717, 1.165) is 5.56 Å². The molecule has 0 spiro atoms. The van der Waals surface area contributed by atoms with Crippen LogP contribution in [0.5, 0.6) is 0 Å². The first-order valence-electron chi connectivity index (χ1n) is 7.50. The Morgan fingerprint density at radius 1 is 1.26 bits per heavy atom. The number of aryl methyl sites for hydroxylation is 1. The second-order valence-corrected chi connectivity index (χ2v) is 5.40. The molecule has 6 heteroatoms.